The van der Waals surface area contributed by atoms with E-state index in [2.05, 4.69) is 25.8 Å². The normalized spacial score (nSPS) is 11.6. The smallest absolute Gasteiger partial charge is 0.278 e. The first-order chi connectivity index (χ1) is 15.4. The number of amides is 2. The SMILES string of the molecule is CCC(=O)Nc1ccccc1-c1nnc(S[C@H](CC)C(=O)Nc2cccc(Cl)c2)[nH]c1=O. The second-order valence-electron chi connectivity index (χ2n) is 6.77. The van der Waals surface area contributed by atoms with Gasteiger partial charge >= 0.3 is 0 Å². The number of halogens is 1. The van der Waals surface area contributed by atoms with Crippen LogP contribution >= 0.6 is 23.4 Å². The average Bonchev–Trinajstić information content (AvgIpc) is 2.78. The van der Waals surface area contributed by atoms with Crippen molar-refractivity contribution in [3.8, 4) is 11.3 Å². The number of carbonyl (C=O) groups excluding carboxylic acids is 2. The highest BCUT2D eigenvalue weighted by atomic mass is 35.5. The molecule has 2 aromatic carbocycles. The van der Waals surface area contributed by atoms with Crippen molar-refractivity contribution in [1.82, 2.24) is 15.2 Å². The molecule has 0 radical (unpaired) electrons. The highest BCUT2D eigenvalue weighted by Gasteiger charge is 2.21. The van der Waals surface area contributed by atoms with Crippen molar-refractivity contribution in [2.45, 2.75) is 37.1 Å². The molecule has 0 aliphatic heterocycles. The summed E-state index contributed by atoms with van der Waals surface area (Å²) in [5, 5.41) is 14.0. The fraction of sp³-hybridized carbons (Fsp3) is 0.227. The first kappa shape index (κ1) is 23.5. The van der Waals surface area contributed by atoms with Gasteiger partial charge in [-0.15, -0.1) is 10.2 Å². The minimum Gasteiger partial charge on any atom is -0.325 e. The third-order valence-electron chi connectivity index (χ3n) is 4.46. The van der Waals surface area contributed by atoms with Crippen LogP contribution < -0.4 is 16.2 Å². The maximum Gasteiger partial charge on any atom is 0.278 e. The van der Waals surface area contributed by atoms with E-state index in [0.717, 1.165) is 11.8 Å². The fourth-order valence-corrected chi connectivity index (χ4v) is 3.87. The van der Waals surface area contributed by atoms with Gasteiger partial charge in [-0.2, -0.15) is 0 Å². The summed E-state index contributed by atoms with van der Waals surface area (Å²) in [7, 11) is 0. The molecule has 0 spiro atoms. The van der Waals surface area contributed by atoms with Gasteiger partial charge in [-0.25, -0.2) is 0 Å². The van der Waals surface area contributed by atoms with E-state index in [4.69, 9.17) is 11.6 Å². The van der Waals surface area contributed by atoms with Crippen LogP contribution in [0.1, 0.15) is 26.7 Å². The second kappa shape index (κ2) is 10.9. The summed E-state index contributed by atoms with van der Waals surface area (Å²) in [5.74, 6) is -0.412. The lowest BCUT2D eigenvalue weighted by Crippen LogP contribution is -2.25. The lowest BCUT2D eigenvalue weighted by atomic mass is 10.1. The van der Waals surface area contributed by atoms with E-state index >= 15 is 0 Å². The predicted molar refractivity (Wildman–Crippen MR) is 127 cm³/mol. The van der Waals surface area contributed by atoms with Crippen molar-refractivity contribution in [1.29, 1.82) is 0 Å². The number of rotatable bonds is 8. The first-order valence-corrected chi connectivity index (χ1v) is 11.3. The maximum atomic E-state index is 12.7. The Morgan fingerprint density at radius 2 is 1.88 bits per heavy atom. The van der Waals surface area contributed by atoms with Crippen LogP contribution in [-0.2, 0) is 9.59 Å². The summed E-state index contributed by atoms with van der Waals surface area (Å²) < 4.78 is 0. The number of H-pyrrole nitrogens is 1. The Kier molecular flexibility index (Phi) is 8.02. The average molecular weight is 472 g/mol. The Bertz CT molecular complexity index is 1180. The number of hydrogen-bond donors (Lipinski definition) is 3. The summed E-state index contributed by atoms with van der Waals surface area (Å²) in [5.41, 5.74) is 1.14. The van der Waals surface area contributed by atoms with E-state index in [1.165, 1.54) is 0 Å². The molecule has 10 heteroatoms. The van der Waals surface area contributed by atoms with Crippen LogP contribution in [0.4, 0.5) is 11.4 Å². The maximum absolute atomic E-state index is 12.7. The molecule has 166 valence electrons. The number of benzene rings is 2. The van der Waals surface area contributed by atoms with Crippen molar-refractivity contribution in [2.75, 3.05) is 10.6 Å². The molecule has 2 amide bonds. The summed E-state index contributed by atoms with van der Waals surface area (Å²) in [6, 6.07) is 13.7. The lowest BCUT2D eigenvalue weighted by Gasteiger charge is -2.14. The standard InChI is InChI=1S/C22H22ClN5O3S/c1-3-17(20(30)24-14-9-7-8-13(23)12-14)32-22-26-21(31)19(27-28-22)15-10-5-6-11-16(15)25-18(29)4-2/h5-12,17H,3-4H2,1-2H3,(H,24,30)(H,25,29)(H,26,28,31)/t17-/m1/s1. The Hall–Kier alpha value is -3.17. The van der Waals surface area contributed by atoms with E-state index in [9.17, 15) is 14.4 Å². The molecule has 1 aromatic heterocycles. The Morgan fingerprint density at radius 3 is 2.56 bits per heavy atom. The van der Waals surface area contributed by atoms with Crippen LogP contribution in [0.15, 0.2) is 58.5 Å². The molecule has 0 bridgehead atoms. The highest BCUT2D eigenvalue weighted by molar-refractivity contribution is 8.00. The minimum atomic E-state index is -0.499. The number of hydrogen-bond acceptors (Lipinski definition) is 6. The molecule has 0 aliphatic rings. The molecular weight excluding hydrogens is 450 g/mol. The number of carbonyl (C=O) groups is 2. The molecule has 1 atom stereocenters. The Balaban J connectivity index is 1.78. The second-order valence-corrected chi connectivity index (χ2v) is 8.40. The monoisotopic (exact) mass is 471 g/mol. The molecule has 1 heterocycles. The predicted octanol–water partition coefficient (Wildman–Crippen LogP) is 4.34. The van der Waals surface area contributed by atoms with Gasteiger partial charge in [0.15, 0.2) is 10.9 Å². The zero-order valence-corrected chi connectivity index (χ0v) is 19.1. The molecule has 3 rings (SSSR count). The molecule has 0 unspecified atom stereocenters. The van der Waals surface area contributed by atoms with Gasteiger partial charge < -0.3 is 10.6 Å². The summed E-state index contributed by atoms with van der Waals surface area (Å²) in [6.07, 6.45) is 0.815. The molecule has 32 heavy (non-hydrogen) atoms. The number of nitrogens with zero attached hydrogens (tertiary/aromatic N) is 2. The first-order valence-electron chi connectivity index (χ1n) is 10.0. The van der Waals surface area contributed by atoms with Crippen molar-refractivity contribution in [2.24, 2.45) is 0 Å². The van der Waals surface area contributed by atoms with Gasteiger partial charge in [0.2, 0.25) is 11.8 Å². The molecule has 0 saturated heterocycles. The third kappa shape index (κ3) is 5.95. The van der Waals surface area contributed by atoms with E-state index in [0.29, 0.717) is 34.8 Å². The number of nitrogens with one attached hydrogen (secondary N) is 3. The van der Waals surface area contributed by atoms with Crippen molar-refractivity contribution in [3.05, 3.63) is 63.9 Å². The van der Waals surface area contributed by atoms with E-state index in [1.807, 2.05) is 6.92 Å². The molecule has 8 nitrogen and oxygen atoms in total. The number of aromatic amines is 1. The summed E-state index contributed by atoms with van der Waals surface area (Å²) in [6.45, 7) is 3.60. The third-order valence-corrected chi connectivity index (χ3v) is 5.94. The van der Waals surface area contributed by atoms with Crippen molar-refractivity contribution < 1.29 is 9.59 Å². The number of aromatic nitrogens is 3. The van der Waals surface area contributed by atoms with Gasteiger partial charge in [-0.1, -0.05) is 61.5 Å². The number of para-hydroxylation sites is 1. The van der Waals surface area contributed by atoms with Gasteiger partial charge in [0.25, 0.3) is 5.56 Å². The van der Waals surface area contributed by atoms with Gasteiger partial charge in [0.05, 0.1) is 10.9 Å². The van der Waals surface area contributed by atoms with E-state index < -0.39 is 10.8 Å². The quantitative estimate of drug-likeness (QED) is 0.420. The Labute approximate surface area is 194 Å². The van der Waals surface area contributed by atoms with Gasteiger partial charge in [0, 0.05) is 22.7 Å². The largest absolute Gasteiger partial charge is 0.325 e. The molecule has 0 aliphatic carbocycles. The van der Waals surface area contributed by atoms with E-state index in [-0.39, 0.29) is 22.7 Å². The fourth-order valence-electron chi connectivity index (χ4n) is 2.83. The van der Waals surface area contributed by atoms with Crippen LogP contribution in [0.2, 0.25) is 5.02 Å². The lowest BCUT2D eigenvalue weighted by molar-refractivity contribution is -0.116. The number of thioether (sulfide) groups is 1. The molecule has 0 fully saturated rings. The zero-order valence-electron chi connectivity index (χ0n) is 17.5. The van der Waals surface area contributed by atoms with Crippen LogP contribution in [0.3, 0.4) is 0 Å². The van der Waals surface area contributed by atoms with Crippen LogP contribution in [0, 0.1) is 0 Å². The topological polar surface area (TPSA) is 117 Å². The van der Waals surface area contributed by atoms with Crippen LogP contribution in [-0.4, -0.2) is 32.2 Å². The zero-order chi connectivity index (χ0) is 23.1. The van der Waals surface area contributed by atoms with Gasteiger partial charge in [-0.3, -0.25) is 19.4 Å². The minimum absolute atomic E-state index is 0.0813. The molecule has 3 aromatic rings. The number of anilines is 2. The summed E-state index contributed by atoms with van der Waals surface area (Å²) in [4.78, 5) is 39.8. The van der Waals surface area contributed by atoms with Crippen molar-refractivity contribution in [3.63, 3.8) is 0 Å². The molecule has 0 saturated carbocycles. The highest BCUT2D eigenvalue weighted by Crippen LogP contribution is 2.26. The van der Waals surface area contributed by atoms with Gasteiger partial charge in [0.1, 0.15) is 0 Å². The Morgan fingerprint density at radius 1 is 1.09 bits per heavy atom. The van der Waals surface area contributed by atoms with Gasteiger partial charge in [-0.05, 0) is 30.7 Å². The van der Waals surface area contributed by atoms with Crippen LogP contribution in [0.25, 0.3) is 11.3 Å². The van der Waals surface area contributed by atoms with Crippen molar-refractivity contribution >= 4 is 46.6 Å². The summed E-state index contributed by atoms with van der Waals surface area (Å²) >= 11 is 7.08. The molecule has 3 N–H and O–H groups in total. The van der Waals surface area contributed by atoms with E-state index in [1.54, 1.807) is 55.5 Å². The molecular formula is C22H22ClN5O3S. The van der Waals surface area contributed by atoms with Crippen LogP contribution in [0.5, 0.6) is 0 Å².